The summed E-state index contributed by atoms with van der Waals surface area (Å²) in [5.74, 6) is -1.36. The Morgan fingerprint density at radius 3 is 2.59 bits per heavy atom. The number of fused-ring (bicyclic) bond motifs is 1. The molecule has 3 rings (SSSR count). The van der Waals surface area contributed by atoms with Gasteiger partial charge in [0.1, 0.15) is 6.04 Å². The molecule has 0 saturated carbocycles. The summed E-state index contributed by atoms with van der Waals surface area (Å²) in [6, 6.07) is 3.48. The maximum atomic E-state index is 12.4. The molecule has 0 spiro atoms. The van der Waals surface area contributed by atoms with Gasteiger partial charge in [0.2, 0.25) is 21.8 Å². The average molecular weight is 323 g/mol. The lowest BCUT2D eigenvalue weighted by Crippen LogP contribution is -2.52. The highest BCUT2D eigenvalue weighted by Crippen LogP contribution is 2.31. The Labute approximate surface area is 126 Å². The van der Waals surface area contributed by atoms with E-state index in [0.29, 0.717) is 5.56 Å². The first kappa shape index (κ1) is 14.7. The minimum Gasteiger partial charge on any atom is -0.322 e. The number of hydrogen-bond donors (Lipinski definition) is 2. The molecule has 3 N–H and O–H groups in total. The fourth-order valence-electron chi connectivity index (χ4n) is 2.82. The highest BCUT2D eigenvalue weighted by atomic mass is 32.2. The van der Waals surface area contributed by atoms with Crippen LogP contribution >= 0.6 is 0 Å². The summed E-state index contributed by atoms with van der Waals surface area (Å²) in [4.78, 5) is 36.7. The molecule has 1 aromatic carbocycles. The molecule has 0 aliphatic carbocycles. The van der Waals surface area contributed by atoms with Crippen molar-refractivity contribution >= 4 is 27.7 Å². The molecule has 2 aliphatic rings. The highest BCUT2D eigenvalue weighted by Gasteiger charge is 2.40. The summed E-state index contributed by atoms with van der Waals surface area (Å²) in [5.41, 5.74) is 0.510. The van der Waals surface area contributed by atoms with E-state index in [-0.39, 0.29) is 35.8 Å². The number of imide groups is 1. The quantitative estimate of drug-likeness (QED) is 0.682. The summed E-state index contributed by atoms with van der Waals surface area (Å²) < 4.78 is 23.2. The topological polar surface area (TPSA) is 127 Å². The summed E-state index contributed by atoms with van der Waals surface area (Å²) in [7, 11) is -3.96. The molecule has 0 aromatic heterocycles. The standard InChI is InChI=1S/C13H13N3O5S/c14-22(20,21)10-3-1-2-7-8(10)6-16(13(7)19)9-4-5-11(17)15-12(9)18/h1-3,9H,4-6H2,(H2,14,20,21)(H,15,17,18). The number of rotatable bonds is 2. The van der Waals surface area contributed by atoms with E-state index in [1.54, 1.807) is 0 Å². The third-order valence-electron chi connectivity index (χ3n) is 3.85. The van der Waals surface area contributed by atoms with Gasteiger partial charge in [0.15, 0.2) is 0 Å². The second kappa shape index (κ2) is 4.89. The molecule has 9 heteroatoms. The van der Waals surface area contributed by atoms with Crippen molar-refractivity contribution < 1.29 is 22.8 Å². The number of primary sulfonamides is 1. The Morgan fingerprint density at radius 2 is 1.95 bits per heavy atom. The minimum atomic E-state index is -3.96. The lowest BCUT2D eigenvalue weighted by Gasteiger charge is -2.29. The number of hydrogen-bond acceptors (Lipinski definition) is 5. The first-order valence-electron chi connectivity index (χ1n) is 6.58. The predicted octanol–water partition coefficient (Wildman–Crippen LogP) is -0.905. The molecule has 2 aliphatic heterocycles. The zero-order chi connectivity index (χ0) is 16.1. The minimum absolute atomic E-state index is 0.0208. The van der Waals surface area contributed by atoms with Crippen LogP contribution in [0.15, 0.2) is 23.1 Å². The van der Waals surface area contributed by atoms with E-state index < -0.39 is 27.9 Å². The van der Waals surface area contributed by atoms with Gasteiger partial charge in [-0.05, 0) is 18.6 Å². The molecule has 1 aromatic rings. The van der Waals surface area contributed by atoms with Crippen molar-refractivity contribution in [3.8, 4) is 0 Å². The molecule has 2 heterocycles. The molecule has 0 bridgehead atoms. The third kappa shape index (κ3) is 2.28. The Kier molecular flexibility index (Phi) is 3.26. The van der Waals surface area contributed by atoms with Crippen LogP contribution in [0.1, 0.15) is 28.8 Å². The maximum Gasteiger partial charge on any atom is 0.255 e. The number of amides is 3. The van der Waals surface area contributed by atoms with Crippen molar-refractivity contribution in [2.45, 2.75) is 30.3 Å². The number of carbonyl (C=O) groups excluding carboxylic acids is 3. The normalized spacial score (nSPS) is 21.8. The zero-order valence-corrected chi connectivity index (χ0v) is 12.2. The van der Waals surface area contributed by atoms with Gasteiger partial charge in [-0.15, -0.1) is 0 Å². The van der Waals surface area contributed by atoms with E-state index in [2.05, 4.69) is 5.32 Å². The fourth-order valence-corrected chi connectivity index (χ4v) is 3.61. The van der Waals surface area contributed by atoms with E-state index in [1.807, 2.05) is 0 Å². The van der Waals surface area contributed by atoms with E-state index in [4.69, 9.17) is 5.14 Å². The Balaban J connectivity index is 1.98. The highest BCUT2D eigenvalue weighted by molar-refractivity contribution is 7.89. The number of nitrogens with two attached hydrogens (primary N) is 1. The van der Waals surface area contributed by atoms with E-state index >= 15 is 0 Å². The monoisotopic (exact) mass is 323 g/mol. The Hall–Kier alpha value is -2.26. The van der Waals surface area contributed by atoms with Crippen molar-refractivity contribution in [3.05, 3.63) is 29.3 Å². The van der Waals surface area contributed by atoms with Crippen molar-refractivity contribution in [2.75, 3.05) is 0 Å². The molecular weight excluding hydrogens is 310 g/mol. The van der Waals surface area contributed by atoms with Gasteiger partial charge in [-0.3, -0.25) is 19.7 Å². The Bertz CT molecular complexity index is 802. The number of nitrogens with one attached hydrogen (secondary N) is 1. The molecule has 1 unspecified atom stereocenters. The maximum absolute atomic E-state index is 12.4. The first-order chi connectivity index (χ1) is 10.3. The van der Waals surface area contributed by atoms with Crippen LogP contribution in [0.3, 0.4) is 0 Å². The van der Waals surface area contributed by atoms with E-state index in [0.717, 1.165) is 0 Å². The van der Waals surface area contributed by atoms with Gasteiger partial charge in [-0.25, -0.2) is 13.6 Å². The van der Waals surface area contributed by atoms with Crippen LogP contribution in [0.5, 0.6) is 0 Å². The van der Waals surface area contributed by atoms with Crippen molar-refractivity contribution in [1.82, 2.24) is 10.2 Å². The van der Waals surface area contributed by atoms with Gasteiger partial charge in [0, 0.05) is 24.1 Å². The number of piperidine rings is 1. The smallest absolute Gasteiger partial charge is 0.255 e. The van der Waals surface area contributed by atoms with Gasteiger partial charge in [-0.2, -0.15) is 0 Å². The largest absolute Gasteiger partial charge is 0.322 e. The van der Waals surface area contributed by atoms with Gasteiger partial charge in [0.05, 0.1) is 4.90 Å². The molecule has 3 amide bonds. The van der Waals surface area contributed by atoms with Crippen molar-refractivity contribution in [2.24, 2.45) is 5.14 Å². The van der Waals surface area contributed by atoms with Gasteiger partial charge in [0.25, 0.3) is 5.91 Å². The number of sulfonamides is 1. The summed E-state index contributed by atoms with van der Waals surface area (Å²) >= 11 is 0. The van der Waals surface area contributed by atoms with Crippen molar-refractivity contribution in [3.63, 3.8) is 0 Å². The van der Waals surface area contributed by atoms with Gasteiger partial charge >= 0.3 is 0 Å². The summed E-state index contributed by atoms with van der Waals surface area (Å²) in [6.45, 7) is -0.0208. The second-order valence-corrected chi connectivity index (χ2v) is 6.76. The van der Waals surface area contributed by atoms with Crippen LogP contribution in [0, 0.1) is 0 Å². The molecule has 116 valence electrons. The number of nitrogens with zero attached hydrogens (tertiary/aromatic N) is 1. The van der Waals surface area contributed by atoms with Crippen LogP contribution < -0.4 is 10.5 Å². The first-order valence-corrected chi connectivity index (χ1v) is 8.13. The third-order valence-corrected chi connectivity index (χ3v) is 4.84. The molecule has 1 atom stereocenters. The molecule has 22 heavy (non-hydrogen) atoms. The zero-order valence-electron chi connectivity index (χ0n) is 11.4. The summed E-state index contributed by atoms with van der Waals surface area (Å²) in [6.07, 6.45) is 0.355. The van der Waals surface area contributed by atoms with Gasteiger partial charge in [-0.1, -0.05) is 6.07 Å². The van der Waals surface area contributed by atoms with E-state index in [1.165, 1.54) is 23.1 Å². The molecular formula is C13H13N3O5S. The number of benzene rings is 1. The fraction of sp³-hybridized carbons (Fsp3) is 0.308. The lowest BCUT2D eigenvalue weighted by molar-refractivity contribution is -0.136. The van der Waals surface area contributed by atoms with E-state index in [9.17, 15) is 22.8 Å². The molecule has 8 nitrogen and oxygen atoms in total. The van der Waals surface area contributed by atoms with Crippen LogP contribution in [-0.2, 0) is 26.2 Å². The van der Waals surface area contributed by atoms with Crippen molar-refractivity contribution in [1.29, 1.82) is 0 Å². The Morgan fingerprint density at radius 1 is 1.23 bits per heavy atom. The molecule has 1 fully saturated rings. The van der Waals surface area contributed by atoms with Crippen LogP contribution in [0.4, 0.5) is 0 Å². The summed E-state index contributed by atoms with van der Waals surface area (Å²) in [5, 5.41) is 7.35. The lowest BCUT2D eigenvalue weighted by atomic mass is 10.0. The molecule has 1 saturated heterocycles. The SMILES string of the molecule is NS(=O)(=O)c1cccc2c1CN(C1CCC(=O)NC1=O)C2=O. The second-order valence-electron chi connectivity index (χ2n) is 5.23. The average Bonchev–Trinajstić information content (AvgIpc) is 2.75. The predicted molar refractivity (Wildman–Crippen MR) is 73.9 cm³/mol. The van der Waals surface area contributed by atoms with Crippen LogP contribution in [0.2, 0.25) is 0 Å². The number of carbonyl (C=O) groups is 3. The van der Waals surface area contributed by atoms with Gasteiger partial charge < -0.3 is 4.90 Å². The van der Waals surface area contributed by atoms with Crippen LogP contribution in [-0.4, -0.2) is 37.1 Å². The molecule has 0 radical (unpaired) electrons. The van der Waals surface area contributed by atoms with Crippen LogP contribution in [0.25, 0.3) is 0 Å².